The SMILES string of the molecule is CCOC1CC(O)(CNC(=O)C2CCN(c3ccccc3)C2)C1. The highest BCUT2D eigenvalue weighted by molar-refractivity contribution is 5.80. The lowest BCUT2D eigenvalue weighted by molar-refractivity contribution is -0.142. The van der Waals surface area contributed by atoms with Gasteiger partial charge < -0.3 is 20.1 Å². The molecule has 3 rings (SSSR count). The Morgan fingerprint density at radius 3 is 2.83 bits per heavy atom. The van der Waals surface area contributed by atoms with E-state index in [1.54, 1.807) is 0 Å². The zero-order chi connectivity index (χ0) is 16.3. The van der Waals surface area contributed by atoms with Gasteiger partial charge in [0.05, 0.1) is 17.6 Å². The molecule has 2 N–H and O–H groups in total. The van der Waals surface area contributed by atoms with E-state index in [0.717, 1.165) is 19.5 Å². The molecule has 1 atom stereocenters. The van der Waals surface area contributed by atoms with Gasteiger partial charge in [0.25, 0.3) is 0 Å². The fourth-order valence-corrected chi connectivity index (χ4v) is 3.53. The van der Waals surface area contributed by atoms with Gasteiger partial charge in [-0.2, -0.15) is 0 Å². The van der Waals surface area contributed by atoms with E-state index in [1.165, 1.54) is 5.69 Å². The second-order valence-corrected chi connectivity index (χ2v) is 6.69. The van der Waals surface area contributed by atoms with Gasteiger partial charge in [-0.25, -0.2) is 0 Å². The van der Waals surface area contributed by atoms with Gasteiger partial charge in [-0.3, -0.25) is 4.79 Å². The highest BCUT2D eigenvalue weighted by Crippen LogP contribution is 2.34. The number of ether oxygens (including phenoxy) is 1. The Bertz CT molecular complexity index is 528. The molecular weight excluding hydrogens is 292 g/mol. The Kier molecular flexibility index (Phi) is 4.87. The summed E-state index contributed by atoms with van der Waals surface area (Å²) in [5.41, 5.74) is 0.382. The Balaban J connectivity index is 1.43. The maximum absolute atomic E-state index is 12.3. The molecule has 0 aromatic heterocycles. The van der Waals surface area contributed by atoms with Crippen LogP contribution < -0.4 is 10.2 Å². The van der Waals surface area contributed by atoms with Gasteiger partial charge in [-0.15, -0.1) is 0 Å². The van der Waals surface area contributed by atoms with Gasteiger partial charge in [0, 0.05) is 44.8 Å². The second kappa shape index (κ2) is 6.89. The van der Waals surface area contributed by atoms with Gasteiger partial charge in [0.15, 0.2) is 0 Å². The van der Waals surface area contributed by atoms with Crippen LogP contribution in [0.2, 0.25) is 0 Å². The predicted octanol–water partition coefficient (Wildman–Crippen LogP) is 1.56. The Morgan fingerprint density at radius 2 is 2.13 bits per heavy atom. The molecule has 1 saturated carbocycles. The lowest BCUT2D eigenvalue weighted by Crippen LogP contribution is -2.55. The van der Waals surface area contributed by atoms with E-state index in [0.29, 0.717) is 26.0 Å². The number of rotatable bonds is 6. The number of carbonyl (C=O) groups excluding carboxylic acids is 1. The van der Waals surface area contributed by atoms with Crippen molar-refractivity contribution in [1.82, 2.24) is 5.32 Å². The first kappa shape index (κ1) is 16.3. The van der Waals surface area contributed by atoms with Crippen LogP contribution in [0.5, 0.6) is 0 Å². The average Bonchev–Trinajstić information content (AvgIpc) is 3.02. The first-order valence-electron chi connectivity index (χ1n) is 8.51. The summed E-state index contributed by atoms with van der Waals surface area (Å²) < 4.78 is 5.46. The summed E-state index contributed by atoms with van der Waals surface area (Å²) in [4.78, 5) is 14.6. The third-order valence-electron chi connectivity index (χ3n) is 4.89. The van der Waals surface area contributed by atoms with Crippen LogP contribution in [-0.2, 0) is 9.53 Å². The number of carbonyl (C=O) groups is 1. The highest BCUT2D eigenvalue weighted by atomic mass is 16.5. The first-order valence-corrected chi connectivity index (χ1v) is 8.51. The number of anilines is 1. The van der Waals surface area contributed by atoms with Crippen LogP contribution >= 0.6 is 0 Å². The minimum Gasteiger partial charge on any atom is -0.388 e. The molecule has 1 aliphatic carbocycles. The number of nitrogens with one attached hydrogen (secondary N) is 1. The number of para-hydroxylation sites is 1. The van der Waals surface area contributed by atoms with Gasteiger partial charge in [0.1, 0.15) is 0 Å². The number of hydrogen-bond donors (Lipinski definition) is 2. The molecule has 1 unspecified atom stereocenters. The van der Waals surface area contributed by atoms with Crippen molar-refractivity contribution in [2.24, 2.45) is 5.92 Å². The topological polar surface area (TPSA) is 61.8 Å². The summed E-state index contributed by atoms with van der Waals surface area (Å²) in [5, 5.41) is 13.3. The van der Waals surface area contributed by atoms with Crippen LogP contribution in [0.1, 0.15) is 26.2 Å². The molecule has 5 heteroatoms. The van der Waals surface area contributed by atoms with Crippen LogP contribution in [-0.4, -0.2) is 49.0 Å². The zero-order valence-electron chi connectivity index (χ0n) is 13.7. The molecule has 1 amide bonds. The molecular formula is C18H26N2O3. The molecule has 2 fully saturated rings. The fourth-order valence-electron chi connectivity index (χ4n) is 3.53. The molecule has 2 aliphatic rings. The summed E-state index contributed by atoms with van der Waals surface area (Å²) in [6, 6.07) is 10.2. The van der Waals surface area contributed by atoms with Gasteiger partial charge >= 0.3 is 0 Å². The van der Waals surface area contributed by atoms with E-state index in [4.69, 9.17) is 4.74 Å². The number of benzene rings is 1. The van der Waals surface area contributed by atoms with Crippen molar-refractivity contribution in [2.75, 3.05) is 31.1 Å². The highest BCUT2D eigenvalue weighted by Gasteiger charge is 2.43. The van der Waals surface area contributed by atoms with Gasteiger partial charge in [-0.05, 0) is 25.5 Å². The molecule has 1 aliphatic heterocycles. The van der Waals surface area contributed by atoms with Crippen molar-refractivity contribution < 1.29 is 14.6 Å². The summed E-state index contributed by atoms with van der Waals surface area (Å²) in [6.07, 6.45) is 2.23. The minimum absolute atomic E-state index is 0.00146. The van der Waals surface area contributed by atoms with E-state index in [9.17, 15) is 9.90 Å². The summed E-state index contributed by atoms with van der Waals surface area (Å²) in [7, 11) is 0. The average molecular weight is 318 g/mol. The quantitative estimate of drug-likeness (QED) is 0.835. The van der Waals surface area contributed by atoms with Crippen LogP contribution in [0.25, 0.3) is 0 Å². The lowest BCUT2D eigenvalue weighted by Gasteiger charge is -2.43. The molecule has 0 spiro atoms. The third kappa shape index (κ3) is 3.85. The molecule has 5 nitrogen and oxygen atoms in total. The summed E-state index contributed by atoms with van der Waals surface area (Å²) in [5.74, 6) is 0.0540. The molecule has 1 aromatic rings. The molecule has 126 valence electrons. The van der Waals surface area contributed by atoms with Crippen LogP contribution in [0.15, 0.2) is 30.3 Å². The number of hydrogen-bond acceptors (Lipinski definition) is 4. The maximum Gasteiger partial charge on any atom is 0.225 e. The molecule has 0 bridgehead atoms. The molecule has 1 saturated heterocycles. The van der Waals surface area contributed by atoms with Crippen LogP contribution in [0, 0.1) is 5.92 Å². The maximum atomic E-state index is 12.3. The van der Waals surface area contributed by atoms with Crippen LogP contribution in [0.3, 0.4) is 0 Å². The van der Waals surface area contributed by atoms with Crippen LogP contribution in [0.4, 0.5) is 5.69 Å². The van der Waals surface area contributed by atoms with Crippen molar-refractivity contribution in [3.05, 3.63) is 30.3 Å². The second-order valence-electron chi connectivity index (χ2n) is 6.69. The van der Waals surface area contributed by atoms with E-state index in [2.05, 4.69) is 22.3 Å². The van der Waals surface area contributed by atoms with Gasteiger partial charge in [-0.1, -0.05) is 18.2 Å². The van der Waals surface area contributed by atoms with Crippen molar-refractivity contribution in [3.63, 3.8) is 0 Å². The number of amides is 1. The van der Waals surface area contributed by atoms with E-state index >= 15 is 0 Å². The fraction of sp³-hybridized carbons (Fsp3) is 0.611. The molecule has 1 aromatic carbocycles. The molecule has 23 heavy (non-hydrogen) atoms. The van der Waals surface area contributed by atoms with E-state index in [1.807, 2.05) is 25.1 Å². The number of aliphatic hydroxyl groups is 1. The summed E-state index contributed by atoms with van der Waals surface area (Å²) >= 11 is 0. The van der Waals surface area contributed by atoms with Crippen molar-refractivity contribution in [2.45, 2.75) is 37.9 Å². The normalized spacial score (nSPS) is 30.1. The van der Waals surface area contributed by atoms with E-state index < -0.39 is 5.60 Å². The first-order chi connectivity index (χ1) is 11.1. The molecule has 1 heterocycles. The minimum atomic E-state index is -0.785. The summed E-state index contributed by atoms with van der Waals surface area (Å²) in [6.45, 7) is 4.61. The lowest BCUT2D eigenvalue weighted by atomic mass is 9.77. The van der Waals surface area contributed by atoms with Crippen molar-refractivity contribution >= 4 is 11.6 Å². The van der Waals surface area contributed by atoms with Crippen molar-refractivity contribution in [1.29, 1.82) is 0 Å². The molecule has 0 radical (unpaired) electrons. The van der Waals surface area contributed by atoms with E-state index in [-0.39, 0.29) is 17.9 Å². The predicted molar refractivity (Wildman–Crippen MR) is 89.4 cm³/mol. The zero-order valence-corrected chi connectivity index (χ0v) is 13.7. The van der Waals surface area contributed by atoms with Gasteiger partial charge in [0.2, 0.25) is 5.91 Å². The third-order valence-corrected chi connectivity index (χ3v) is 4.89. The Labute approximate surface area is 137 Å². The Morgan fingerprint density at radius 1 is 1.39 bits per heavy atom. The van der Waals surface area contributed by atoms with Crippen molar-refractivity contribution in [3.8, 4) is 0 Å². The Hall–Kier alpha value is -1.59. The largest absolute Gasteiger partial charge is 0.388 e. The standard InChI is InChI=1S/C18H26N2O3/c1-2-23-16-10-18(22,11-16)13-19-17(21)14-8-9-20(12-14)15-6-4-3-5-7-15/h3-7,14,16,22H,2,8-13H2,1H3,(H,19,21). The smallest absolute Gasteiger partial charge is 0.225 e. The monoisotopic (exact) mass is 318 g/mol. The number of nitrogens with zero attached hydrogens (tertiary/aromatic N) is 1.